The molecular weight excluding hydrogens is 276 g/mol. The van der Waals surface area contributed by atoms with Crippen molar-refractivity contribution in [2.45, 2.75) is 18.2 Å². The lowest BCUT2D eigenvalue weighted by Crippen LogP contribution is -2.22. The van der Waals surface area contributed by atoms with Crippen LogP contribution in [-0.2, 0) is 4.79 Å². The fourth-order valence-electron chi connectivity index (χ4n) is 1.99. The number of hydrogen-bond acceptors (Lipinski definition) is 4. The summed E-state index contributed by atoms with van der Waals surface area (Å²) in [5.74, 6) is -0.0193. The van der Waals surface area contributed by atoms with Gasteiger partial charge in [0.25, 0.3) is 5.91 Å². The summed E-state index contributed by atoms with van der Waals surface area (Å²) in [7, 11) is 0. The second-order valence-electron chi connectivity index (χ2n) is 4.61. The van der Waals surface area contributed by atoms with Gasteiger partial charge in [0.15, 0.2) is 0 Å². The highest BCUT2D eigenvalue weighted by Gasteiger charge is 2.22. The summed E-state index contributed by atoms with van der Waals surface area (Å²) in [6, 6.07) is 7.33. The third-order valence-electron chi connectivity index (χ3n) is 3.04. The average Bonchev–Trinajstić information content (AvgIpc) is 2.33. The van der Waals surface area contributed by atoms with Crippen LogP contribution in [0.2, 0.25) is 0 Å². The van der Waals surface area contributed by atoms with Crippen LogP contribution >= 0.6 is 25.3 Å². The Bertz CT molecular complexity index is 579. The Kier molecular flexibility index (Phi) is 4.27. The summed E-state index contributed by atoms with van der Waals surface area (Å²) in [5, 5.41) is 2.86. The van der Waals surface area contributed by atoms with Crippen LogP contribution in [0.3, 0.4) is 0 Å². The largest absolute Gasteiger partial charge is 0.398 e. The molecule has 0 saturated carbocycles. The monoisotopic (exact) mass is 292 g/mol. The Morgan fingerprint density at radius 3 is 2.84 bits per heavy atom. The Hall–Kier alpha value is -1.33. The van der Waals surface area contributed by atoms with E-state index in [0.717, 1.165) is 15.5 Å². The molecule has 1 aliphatic rings. The smallest absolute Gasteiger partial charge is 0.251 e. The molecule has 100 valence electrons. The molecule has 1 aromatic rings. The molecule has 0 bridgehead atoms. The van der Waals surface area contributed by atoms with Crippen molar-refractivity contribution >= 4 is 36.9 Å². The van der Waals surface area contributed by atoms with E-state index in [0.29, 0.717) is 17.7 Å². The van der Waals surface area contributed by atoms with Gasteiger partial charge in [0.2, 0.25) is 0 Å². The van der Waals surface area contributed by atoms with E-state index >= 15 is 0 Å². The molecule has 1 atom stereocenters. The van der Waals surface area contributed by atoms with Gasteiger partial charge < -0.3 is 11.1 Å². The molecule has 0 radical (unpaired) electrons. The molecule has 0 heterocycles. The molecule has 0 saturated heterocycles. The molecule has 5 heteroatoms. The molecule has 0 aromatic heterocycles. The lowest BCUT2D eigenvalue weighted by molar-refractivity contribution is -0.113. The molecule has 1 unspecified atom stereocenters. The highest BCUT2D eigenvalue weighted by atomic mass is 32.1. The van der Waals surface area contributed by atoms with E-state index < -0.39 is 0 Å². The minimum atomic E-state index is -0.129. The molecule has 3 N–H and O–H groups in total. The van der Waals surface area contributed by atoms with Crippen molar-refractivity contribution in [1.29, 1.82) is 0 Å². The molecule has 1 amide bonds. The Balaban J connectivity index is 2.19. The van der Waals surface area contributed by atoms with Gasteiger partial charge in [-0.3, -0.25) is 4.79 Å². The first-order chi connectivity index (χ1) is 8.97. The summed E-state index contributed by atoms with van der Waals surface area (Å²) in [6.45, 7) is 1.99. The number of carbonyl (C=O) groups excluding carboxylic acids is 1. The maximum Gasteiger partial charge on any atom is 0.251 e. The van der Waals surface area contributed by atoms with Crippen LogP contribution in [0.5, 0.6) is 0 Å². The van der Waals surface area contributed by atoms with Gasteiger partial charge in [0, 0.05) is 26.8 Å². The van der Waals surface area contributed by atoms with Crippen molar-refractivity contribution in [3.8, 4) is 0 Å². The van der Waals surface area contributed by atoms with E-state index in [2.05, 4.69) is 30.6 Å². The van der Waals surface area contributed by atoms with E-state index in [1.54, 1.807) is 12.1 Å². The van der Waals surface area contributed by atoms with Crippen LogP contribution in [0.1, 0.15) is 13.3 Å². The number of benzene rings is 1. The first-order valence-corrected chi connectivity index (χ1v) is 6.86. The van der Waals surface area contributed by atoms with Crippen molar-refractivity contribution in [2.75, 3.05) is 5.32 Å². The summed E-state index contributed by atoms with van der Waals surface area (Å²) in [6.07, 6.45) is 2.40. The van der Waals surface area contributed by atoms with Crippen molar-refractivity contribution in [3.05, 3.63) is 46.5 Å². The van der Waals surface area contributed by atoms with Crippen LogP contribution in [0.4, 0.5) is 5.69 Å². The van der Waals surface area contributed by atoms with Gasteiger partial charge in [-0.15, -0.1) is 25.3 Å². The number of thiol groups is 2. The average molecular weight is 292 g/mol. The maximum atomic E-state index is 12.2. The van der Waals surface area contributed by atoms with Crippen molar-refractivity contribution < 1.29 is 4.79 Å². The SMILES string of the molecule is CC1CC(S)=C(N)C=C1C(=O)Nc1cccc(S)c1. The van der Waals surface area contributed by atoms with Crippen LogP contribution in [-0.4, -0.2) is 5.91 Å². The molecule has 19 heavy (non-hydrogen) atoms. The van der Waals surface area contributed by atoms with Crippen LogP contribution < -0.4 is 11.1 Å². The van der Waals surface area contributed by atoms with Gasteiger partial charge in [-0.2, -0.15) is 0 Å². The molecule has 0 aliphatic heterocycles. The van der Waals surface area contributed by atoms with E-state index in [1.165, 1.54) is 0 Å². The number of nitrogens with one attached hydrogen (secondary N) is 1. The Morgan fingerprint density at radius 2 is 2.16 bits per heavy atom. The zero-order valence-corrected chi connectivity index (χ0v) is 12.3. The van der Waals surface area contributed by atoms with E-state index in [-0.39, 0.29) is 11.8 Å². The predicted octanol–water partition coefficient (Wildman–Crippen LogP) is 2.98. The van der Waals surface area contributed by atoms with E-state index in [1.807, 2.05) is 25.1 Å². The minimum Gasteiger partial charge on any atom is -0.398 e. The molecule has 1 aromatic carbocycles. The van der Waals surface area contributed by atoms with Crippen LogP contribution in [0, 0.1) is 5.92 Å². The normalized spacial score (nSPS) is 19.1. The third kappa shape index (κ3) is 3.36. The third-order valence-corrected chi connectivity index (χ3v) is 3.76. The van der Waals surface area contributed by atoms with Crippen LogP contribution in [0.15, 0.2) is 51.4 Å². The number of hydrogen-bond donors (Lipinski definition) is 4. The number of allylic oxidation sites excluding steroid dienone is 2. The zero-order valence-electron chi connectivity index (χ0n) is 10.6. The van der Waals surface area contributed by atoms with E-state index in [9.17, 15) is 4.79 Å². The summed E-state index contributed by atoms with van der Waals surface area (Å²) >= 11 is 8.55. The number of nitrogens with two attached hydrogens (primary N) is 1. The topological polar surface area (TPSA) is 55.1 Å². The van der Waals surface area contributed by atoms with Crippen molar-refractivity contribution in [3.63, 3.8) is 0 Å². The fraction of sp³-hybridized carbons (Fsp3) is 0.214. The predicted molar refractivity (Wildman–Crippen MR) is 84.4 cm³/mol. The number of amides is 1. The molecule has 0 fully saturated rings. The Morgan fingerprint density at radius 1 is 1.42 bits per heavy atom. The molecule has 1 aliphatic carbocycles. The molecule has 2 rings (SSSR count). The number of anilines is 1. The second kappa shape index (κ2) is 5.75. The first kappa shape index (κ1) is 14.1. The summed E-state index contributed by atoms with van der Waals surface area (Å²) in [5.41, 5.74) is 7.79. The second-order valence-corrected chi connectivity index (χ2v) is 5.67. The standard InChI is InChI=1S/C14H16N2OS2/c1-8-5-13(19)12(15)7-11(8)14(17)16-9-3-2-4-10(18)6-9/h2-4,6-8,18-19H,5,15H2,1H3,(H,16,17). The van der Waals surface area contributed by atoms with Gasteiger partial charge in [-0.25, -0.2) is 0 Å². The highest BCUT2D eigenvalue weighted by Crippen LogP contribution is 2.29. The van der Waals surface area contributed by atoms with Crippen LogP contribution in [0.25, 0.3) is 0 Å². The fourth-order valence-corrected chi connectivity index (χ4v) is 2.55. The van der Waals surface area contributed by atoms with Crippen molar-refractivity contribution in [1.82, 2.24) is 0 Å². The van der Waals surface area contributed by atoms with E-state index in [4.69, 9.17) is 5.73 Å². The van der Waals surface area contributed by atoms with Crippen molar-refractivity contribution in [2.24, 2.45) is 11.7 Å². The maximum absolute atomic E-state index is 12.2. The number of rotatable bonds is 2. The quantitative estimate of drug-likeness (QED) is 0.633. The highest BCUT2D eigenvalue weighted by molar-refractivity contribution is 7.84. The molecule has 3 nitrogen and oxygen atoms in total. The van der Waals surface area contributed by atoms with Gasteiger partial charge >= 0.3 is 0 Å². The lowest BCUT2D eigenvalue weighted by atomic mass is 9.91. The number of carbonyl (C=O) groups is 1. The van der Waals surface area contributed by atoms with Gasteiger partial charge in [0.05, 0.1) is 0 Å². The lowest BCUT2D eigenvalue weighted by Gasteiger charge is -2.21. The first-order valence-electron chi connectivity index (χ1n) is 5.97. The Labute approximate surface area is 123 Å². The zero-order chi connectivity index (χ0) is 14.0. The summed E-state index contributed by atoms with van der Waals surface area (Å²) in [4.78, 5) is 13.9. The molecular formula is C14H16N2OS2. The van der Waals surface area contributed by atoms with Gasteiger partial charge in [-0.05, 0) is 36.6 Å². The summed E-state index contributed by atoms with van der Waals surface area (Å²) < 4.78 is 0. The molecule has 0 spiro atoms. The van der Waals surface area contributed by atoms with Gasteiger partial charge in [-0.1, -0.05) is 13.0 Å². The minimum absolute atomic E-state index is 0.110. The van der Waals surface area contributed by atoms with Gasteiger partial charge in [0.1, 0.15) is 0 Å².